The van der Waals surface area contributed by atoms with Gasteiger partial charge in [-0.3, -0.25) is 4.90 Å². The molecule has 2 heterocycles. The predicted octanol–water partition coefficient (Wildman–Crippen LogP) is 0.972. The number of hydrogen-bond acceptors (Lipinski definition) is 5. The third-order valence-electron chi connectivity index (χ3n) is 4.27. The molecular formula is C15H27N5O. The van der Waals surface area contributed by atoms with Crippen LogP contribution in [0.4, 0.5) is 0 Å². The number of likely N-dealkylation sites (N-methyl/N-ethyl adjacent to an activating group) is 1. The predicted molar refractivity (Wildman–Crippen MR) is 80.9 cm³/mol. The van der Waals surface area contributed by atoms with Crippen LogP contribution in [0.3, 0.4) is 0 Å². The van der Waals surface area contributed by atoms with Crippen molar-refractivity contribution in [2.75, 3.05) is 40.3 Å². The summed E-state index contributed by atoms with van der Waals surface area (Å²) >= 11 is 0. The molecule has 0 atom stereocenters. The fraction of sp³-hybridized carbons (Fsp3) is 0.867. The second-order valence-corrected chi connectivity index (χ2v) is 6.59. The highest BCUT2D eigenvalue weighted by atomic mass is 16.5. The zero-order valence-electron chi connectivity index (χ0n) is 13.3. The molecule has 1 aliphatic heterocycles. The van der Waals surface area contributed by atoms with Gasteiger partial charge in [0.1, 0.15) is 5.69 Å². The summed E-state index contributed by atoms with van der Waals surface area (Å²) < 4.78 is 7.83. The molecule has 0 saturated heterocycles. The van der Waals surface area contributed by atoms with Crippen molar-refractivity contribution in [2.45, 2.75) is 39.0 Å². The molecule has 6 heteroatoms. The van der Waals surface area contributed by atoms with E-state index in [1.807, 2.05) is 0 Å². The molecule has 21 heavy (non-hydrogen) atoms. The molecule has 0 aromatic carbocycles. The van der Waals surface area contributed by atoms with Crippen molar-refractivity contribution in [2.24, 2.45) is 5.92 Å². The molecule has 0 radical (unpaired) electrons. The molecular weight excluding hydrogens is 266 g/mol. The van der Waals surface area contributed by atoms with Crippen LogP contribution in [-0.4, -0.2) is 65.1 Å². The Kier molecular flexibility index (Phi) is 4.87. The summed E-state index contributed by atoms with van der Waals surface area (Å²) in [5.74, 6) is 0.937. The van der Waals surface area contributed by atoms with Gasteiger partial charge in [0.05, 0.1) is 18.9 Å². The minimum absolute atomic E-state index is 0.584. The highest BCUT2D eigenvalue weighted by Gasteiger charge is 2.27. The van der Waals surface area contributed by atoms with E-state index in [9.17, 15) is 0 Å². The van der Waals surface area contributed by atoms with Gasteiger partial charge >= 0.3 is 0 Å². The Balaban J connectivity index is 1.57. The number of aromatic nitrogens is 3. The van der Waals surface area contributed by atoms with Gasteiger partial charge in [-0.25, -0.2) is 4.68 Å². The second kappa shape index (κ2) is 6.85. The zero-order valence-corrected chi connectivity index (χ0v) is 13.3. The van der Waals surface area contributed by atoms with Crippen molar-refractivity contribution < 1.29 is 4.74 Å². The Bertz CT molecular complexity index is 455. The van der Waals surface area contributed by atoms with Crippen LogP contribution in [0.2, 0.25) is 0 Å². The molecule has 3 rings (SSSR count). The number of fused-ring (bicyclic) bond motifs is 1. The third kappa shape index (κ3) is 4.25. The Morgan fingerprint density at radius 3 is 2.90 bits per heavy atom. The van der Waals surface area contributed by atoms with E-state index >= 15 is 0 Å². The van der Waals surface area contributed by atoms with Crippen LogP contribution in [0.5, 0.6) is 0 Å². The van der Waals surface area contributed by atoms with E-state index in [-0.39, 0.29) is 0 Å². The van der Waals surface area contributed by atoms with Crippen LogP contribution < -0.4 is 0 Å². The zero-order chi connectivity index (χ0) is 14.7. The van der Waals surface area contributed by atoms with Gasteiger partial charge in [-0.1, -0.05) is 5.21 Å². The molecule has 0 bridgehead atoms. The lowest BCUT2D eigenvalue weighted by Gasteiger charge is -2.19. The van der Waals surface area contributed by atoms with Gasteiger partial charge < -0.3 is 9.64 Å². The van der Waals surface area contributed by atoms with Gasteiger partial charge in [-0.2, -0.15) is 0 Å². The summed E-state index contributed by atoms with van der Waals surface area (Å²) in [6.07, 6.45) is 3.99. The quantitative estimate of drug-likeness (QED) is 0.701. The highest BCUT2D eigenvalue weighted by Crippen LogP contribution is 2.30. The van der Waals surface area contributed by atoms with E-state index in [1.165, 1.54) is 38.0 Å². The number of nitrogens with zero attached hydrogens (tertiary/aromatic N) is 5. The lowest BCUT2D eigenvalue weighted by Crippen LogP contribution is -2.26. The van der Waals surface area contributed by atoms with Crippen LogP contribution in [0.1, 0.15) is 30.7 Å². The lowest BCUT2D eigenvalue weighted by molar-refractivity contribution is 0.102. The van der Waals surface area contributed by atoms with Crippen molar-refractivity contribution in [3.05, 3.63) is 11.4 Å². The largest absolute Gasteiger partial charge is 0.374 e. The molecule has 0 N–H and O–H groups in total. The van der Waals surface area contributed by atoms with Gasteiger partial charge in [0, 0.05) is 32.7 Å². The molecule has 0 amide bonds. The minimum Gasteiger partial charge on any atom is -0.374 e. The first-order valence-corrected chi connectivity index (χ1v) is 8.08. The molecule has 1 saturated carbocycles. The standard InChI is InChI=1S/C15H27N5O/c1-18(2)8-9-21-12-14-15-11-19(10-13-4-5-13)6-3-7-20(15)17-16-14/h13H,3-12H2,1-2H3. The fourth-order valence-electron chi connectivity index (χ4n) is 2.81. The highest BCUT2D eigenvalue weighted by molar-refractivity contribution is 5.10. The maximum atomic E-state index is 5.75. The van der Waals surface area contributed by atoms with Crippen LogP contribution in [0.15, 0.2) is 0 Å². The van der Waals surface area contributed by atoms with E-state index in [4.69, 9.17) is 4.74 Å². The van der Waals surface area contributed by atoms with Gasteiger partial charge in [0.25, 0.3) is 0 Å². The summed E-state index contributed by atoms with van der Waals surface area (Å²) in [5.41, 5.74) is 2.29. The number of ether oxygens (including phenoxy) is 1. The van der Waals surface area contributed by atoms with Crippen molar-refractivity contribution in [3.8, 4) is 0 Å². The molecule has 6 nitrogen and oxygen atoms in total. The Morgan fingerprint density at radius 2 is 2.14 bits per heavy atom. The van der Waals surface area contributed by atoms with Gasteiger partial charge in [0.2, 0.25) is 0 Å². The van der Waals surface area contributed by atoms with E-state index in [0.717, 1.165) is 37.9 Å². The number of aryl methyl sites for hydroxylation is 1. The first-order chi connectivity index (χ1) is 10.2. The van der Waals surface area contributed by atoms with Gasteiger partial charge in [-0.05, 0) is 39.3 Å². The monoisotopic (exact) mass is 293 g/mol. The van der Waals surface area contributed by atoms with Gasteiger partial charge in [-0.15, -0.1) is 5.10 Å². The van der Waals surface area contributed by atoms with Crippen LogP contribution >= 0.6 is 0 Å². The third-order valence-corrected chi connectivity index (χ3v) is 4.27. The number of hydrogen-bond donors (Lipinski definition) is 0. The van der Waals surface area contributed by atoms with E-state index in [2.05, 4.69) is 38.9 Å². The molecule has 0 spiro atoms. The normalized spacial score (nSPS) is 19.8. The Labute approximate surface area is 127 Å². The topological polar surface area (TPSA) is 46.4 Å². The van der Waals surface area contributed by atoms with E-state index in [0.29, 0.717) is 6.61 Å². The SMILES string of the molecule is CN(C)CCOCc1nnn2c1CN(CC1CC1)CCC2. The smallest absolute Gasteiger partial charge is 0.113 e. The van der Waals surface area contributed by atoms with Crippen molar-refractivity contribution in [1.29, 1.82) is 0 Å². The van der Waals surface area contributed by atoms with E-state index in [1.54, 1.807) is 0 Å². The van der Waals surface area contributed by atoms with E-state index < -0.39 is 0 Å². The van der Waals surface area contributed by atoms with Crippen LogP contribution in [0, 0.1) is 5.92 Å². The van der Waals surface area contributed by atoms with Crippen molar-refractivity contribution in [1.82, 2.24) is 24.8 Å². The molecule has 0 unspecified atom stereocenters. The first-order valence-electron chi connectivity index (χ1n) is 8.08. The molecule has 118 valence electrons. The molecule has 1 aromatic heterocycles. The first kappa shape index (κ1) is 14.9. The fourth-order valence-corrected chi connectivity index (χ4v) is 2.81. The maximum Gasteiger partial charge on any atom is 0.113 e. The maximum absolute atomic E-state index is 5.75. The summed E-state index contributed by atoms with van der Waals surface area (Å²) in [7, 11) is 4.12. The Morgan fingerprint density at radius 1 is 1.29 bits per heavy atom. The Hall–Kier alpha value is -0.980. The van der Waals surface area contributed by atoms with Crippen LogP contribution in [-0.2, 0) is 24.4 Å². The second-order valence-electron chi connectivity index (χ2n) is 6.59. The molecule has 1 fully saturated rings. The van der Waals surface area contributed by atoms with Crippen molar-refractivity contribution in [3.63, 3.8) is 0 Å². The molecule has 1 aromatic rings. The average Bonchev–Trinajstić information content (AvgIpc) is 3.21. The lowest BCUT2D eigenvalue weighted by atomic mass is 10.3. The summed E-state index contributed by atoms with van der Waals surface area (Å²) in [6, 6.07) is 0. The summed E-state index contributed by atoms with van der Waals surface area (Å²) in [5, 5.41) is 8.64. The molecule has 2 aliphatic rings. The van der Waals surface area contributed by atoms with Gasteiger partial charge in [0.15, 0.2) is 0 Å². The number of rotatable bonds is 7. The minimum atomic E-state index is 0.584. The summed E-state index contributed by atoms with van der Waals surface area (Å²) in [6.45, 7) is 6.66. The molecule has 1 aliphatic carbocycles. The average molecular weight is 293 g/mol. The van der Waals surface area contributed by atoms with Crippen molar-refractivity contribution >= 4 is 0 Å². The van der Waals surface area contributed by atoms with Crippen LogP contribution in [0.25, 0.3) is 0 Å². The summed E-state index contributed by atoms with van der Waals surface area (Å²) in [4.78, 5) is 4.70.